The van der Waals surface area contributed by atoms with Crippen molar-refractivity contribution in [1.29, 1.82) is 0 Å². The van der Waals surface area contributed by atoms with Gasteiger partial charge in [0, 0.05) is 6.26 Å². The summed E-state index contributed by atoms with van der Waals surface area (Å²) >= 11 is 1.46. The van der Waals surface area contributed by atoms with Gasteiger partial charge in [0.2, 0.25) is 0 Å². The van der Waals surface area contributed by atoms with Crippen LogP contribution in [-0.4, -0.2) is 12.0 Å². The molecular formula is C9H11NS. The zero-order valence-corrected chi connectivity index (χ0v) is 7.61. The minimum absolute atomic E-state index is 0.984. The van der Waals surface area contributed by atoms with Gasteiger partial charge in [-0.15, -0.1) is 0 Å². The molecule has 0 unspecified atom stereocenters. The fourth-order valence-corrected chi connectivity index (χ4v) is 1.22. The Bertz CT molecular complexity index is 259. The molecule has 1 nitrogen and oxygen atoms in total. The molecule has 2 heteroatoms. The lowest BCUT2D eigenvalue weighted by Gasteiger charge is -2.05. The summed E-state index contributed by atoms with van der Waals surface area (Å²) in [7, 11) is 0. The second-order valence-corrected chi connectivity index (χ2v) is 2.95. The summed E-state index contributed by atoms with van der Waals surface area (Å²) in [5.74, 6) is 0. The fraction of sp³-hybridized carbons (Fsp3) is 0.222. The van der Waals surface area contributed by atoms with Crippen LogP contribution in [0.5, 0.6) is 0 Å². The molecule has 0 aromatic heterocycles. The van der Waals surface area contributed by atoms with E-state index in [1.165, 1.54) is 17.5 Å². The quantitative estimate of drug-likeness (QED) is 0.544. The Kier molecular flexibility index (Phi) is 2.71. The SMILES string of the molecule is C=C1C=CC(C)=CC1=NSC. The summed E-state index contributed by atoms with van der Waals surface area (Å²) in [6.45, 7) is 5.93. The number of nitrogens with zero attached hydrogens (tertiary/aromatic N) is 1. The van der Waals surface area contributed by atoms with Crippen molar-refractivity contribution in [1.82, 2.24) is 0 Å². The first kappa shape index (κ1) is 8.34. The summed E-state index contributed by atoms with van der Waals surface area (Å²) in [4.78, 5) is 0. The largest absolute Gasteiger partial charge is 0.216 e. The molecule has 0 saturated heterocycles. The van der Waals surface area contributed by atoms with Crippen molar-refractivity contribution < 1.29 is 0 Å². The van der Waals surface area contributed by atoms with E-state index in [0.717, 1.165) is 11.3 Å². The van der Waals surface area contributed by atoms with Crippen LogP contribution in [0.3, 0.4) is 0 Å². The van der Waals surface area contributed by atoms with E-state index >= 15 is 0 Å². The van der Waals surface area contributed by atoms with E-state index in [0.29, 0.717) is 0 Å². The number of allylic oxidation sites excluding steroid dienone is 5. The molecule has 0 amide bonds. The highest BCUT2D eigenvalue weighted by atomic mass is 32.2. The predicted octanol–water partition coefficient (Wildman–Crippen LogP) is 2.78. The lowest BCUT2D eigenvalue weighted by atomic mass is 10.0. The highest BCUT2D eigenvalue weighted by Gasteiger charge is 2.02. The van der Waals surface area contributed by atoms with E-state index in [2.05, 4.69) is 17.9 Å². The van der Waals surface area contributed by atoms with Gasteiger partial charge in [0.25, 0.3) is 0 Å². The lowest BCUT2D eigenvalue weighted by molar-refractivity contribution is 1.50. The highest BCUT2D eigenvalue weighted by molar-refractivity contribution is 7.97. The fourth-order valence-electron chi connectivity index (χ4n) is 0.857. The van der Waals surface area contributed by atoms with Gasteiger partial charge >= 0.3 is 0 Å². The number of rotatable bonds is 1. The highest BCUT2D eigenvalue weighted by Crippen LogP contribution is 2.13. The van der Waals surface area contributed by atoms with Crippen LogP contribution in [0.4, 0.5) is 0 Å². The second-order valence-electron chi connectivity index (χ2n) is 2.41. The molecule has 1 aliphatic carbocycles. The molecule has 0 aromatic rings. The maximum absolute atomic E-state index is 4.22. The van der Waals surface area contributed by atoms with Crippen molar-refractivity contribution in [2.45, 2.75) is 6.92 Å². The summed E-state index contributed by atoms with van der Waals surface area (Å²) in [5.41, 5.74) is 3.20. The van der Waals surface area contributed by atoms with Gasteiger partial charge in [-0.2, -0.15) is 0 Å². The van der Waals surface area contributed by atoms with Crippen LogP contribution >= 0.6 is 11.9 Å². The van der Waals surface area contributed by atoms with Crippen molar-refractivity contribution in [2.24, 2.45) is 4.40 Å². The zero-order valence-electron chi connectivity index (χ0n) is 6.79. The average molecular weight is 165 g/mol. The molecule has 0 aliphatic heterocycles. The van der Waals surface area contributed by atoms with E-state index in [1.807, 2.05) is 24.5 Å². The zero-order chi connectivity index (χ0) is 8.27. The van der Waals surface area contributed by atoms with Crippen LogP contribution in [0.2, 0.25) is 0 Å². The molecule has 0 saturated carbocycles. The average Bonchev–Trinajstić information content (AvgIpc) is 1.98. The Hall–Kier alpha value is -0.760. The third-order valence-corrected chi connectivity index (χ3v) is 1.81. The molecular weight excluding hydrogens is 154 g/mol. The Balaban J connectivity index is 2.90. The van der Waals surface area contributed by atoms with Crippen LogP contribution in [0.25, 0.3) is 0 Å². The number of hydrogen-bond donors (Lipinski definition) is 0. The Morgan fingerprint density at radius 1 is 1.45 bits per heavy atom. The summed E-state index contributed by atoms with van der Waals surface area (Å²) in [6.07, 6.45) is 8.02. The third-order valence-electron chi connectivity index (χ3n) is 1.43. The summed E-state index contributed by atoms with van der Waals surface area (Å²) < 4.78 is 4.22. The maximum atomic E-state index is 4.22. The van der Waals surface area contributed by atoms with Crippen LogP contribution in [0, 0.1) is 0 Å². The monoisotopic (exact) mass is 165 g/mol. The first-order valence-corrected chi connectivity index (χ1v) is 4.59. The van der Waals surface area contributed by atoms with Crippen molar-refractivity contribution >= 4 is 17.7 Å². The normalized spacial score (nSPS) is 20.7. The molecule has 0 fully saturated rings. The molecule has 11 heavy (non-hydrogen) atoms. The molecule has 0 radical (unpaired) electrons. The molecule has 0 spiro atoms. The Labute approximate surface area is 71.7 Å². The smallest absolute Gasteiger partial charge is 0.0781 e. The van der Waals surface area contributed by atoms with Gasteiger partial charge < -0.3 is 0 Å². The van der Waals surface area contributed by atoms with E-state index < -0.39 is 0 Å². The van der Waals surface area contributed by atoms with Gasteiger partial charge in [-0.05, 0) is 36.1 Å². The summed E-state index contributed by atoms with van der Waals surface area (Å²) in [5, 5.41) is 0. The van der Waals surface area contributed by atoms with E-state index in [1.54, 1.807) is 0 Å². The maximum Gasteiger partial charge on any atom is 0.0781 e. The number of hydrogen-bond acceptors (Lipinski definition) is 2. The van der Waals surface area contributed by atoms with Crippen molar-refractivity contribution in [3.05, 3.63) is 36.0 Å². The third kappa shape index (κ3) is 2.09. The topological polar surface area (TPSA) is 12.4 Å². The van der Waals surface area contributed by atoms with Crippen molar-refractivity contribution in [3.63, 3.8) is 0 Å². The van der Waals surface area contributed by atoms with Gasteiger partial charge in [0.1, 0.15) is 0 Å². The Morgan fingerprint density at radius 3 is 2.82 bits per heavy atom. The lowest BCUT2D eigenvalue weighted by Crippen LogP contribution is -1.99. The van der Waals surface area contributed by atoms with Gasteiger partial charge in [0.15, 0.2) is 0 Å². The predicted molar refractivity (Wildman–Crippen MR) is 53.0 cm³/mol. The van der Waals surface area contributed by atoms with Crippen LogP contribution < -0.4 is 0 Å². The minimum Gasteiger partial charge on any atom is -0.216 e. The molecule has 0 atom stereocenters. The van der Waals surface area contributed by atoms with Crippen LogP contribution in [0.1, 0.15) is 6.92 Å². The molecule has 58 valence electrons. The van der Waals surface area contributed by atoms with Gasteiger partial charge in [0.05, 0.1) is 5.71 Å². The minimum atomic E-state index is 0.984. The molecule has 0 aromatic carbocycles. The van der Waals surface area contributed by atoms with Crippen LogP contribution in [-0.2, 0) is 0 Å². The van der Waals surface area contributed by atoms with Gasteiger partial charge in [-0.1, -0.05) is 18.7 Å². The summed E-state index contributed by atoms with van der Waals surface area (Å²) in [6, 6.07) is 0. The van der Waals surface area contributed by atoms with E-state index in [-0.39, 0.29) is 0 Å². The first-order valence-electron chi connectivity index (χ1n) is 3.41. The molecule has 1 aliphatic rings. The standard InChI is InChI=1S/C9H11NS/c1-7-4-5-8(2)9(6-7)10-11-3/h4-6H,2H2,1,3H3. The second kappa shape index (κ2) is 3.58. The van der Waals surface area contributed by atoms with Gasteiger partial charge in [-0.25, -0.2) is 4.40 Å². The van der Waals surface area contributed by atoms with Crippen LogP contribution in [0.15, 0.2) is 40.4 Å². The molecule has 1 rings (SSSR count). The van der Waals surface area contributed by atoms with Crippen molar-refractivity contribution in [3.8, 4) is 0 Å². The van der Waals surface area contributed by atoms with Gasteiger partial charge in [-0.3, -0.25) is 0 Å². The molecule has 0 heterocycles. The Morgan fingerprint density at radius 2 is 2.18 bits per heavy atom. The molecule has 0 bridgehead atoms. The van der Waals surface area contributed by atoms with E-state index in [4.69, 9.17) is 0 Å². The van der Waals surface area contributed by atoms with E-state index in [9.17, 15) is 0 Å². The molecule has 0 N–H and O–H groups in total. The van der Waals surface area contributed by atoms with Crippen molar-refractivity contribution in [2.75, 3.05) is 6.26 Å². The first-order chi connectivity index (χ1) is 5.24.